The van der Waals surface area contributed by atoms with Crippen LogP contribution in [0.5, 0.6) is 11.5 Å². The van der Waals surface area contributed by atoms with Crippen molar-refractivity contribution in [3.8, 4) is 11.5 Å². The third kappa shape index (κ3) is 4.38. The number of nitrogens with two attached hydrogens (primary N) is 2. The van der Waals surface area contributed by atoms with Crippen LogP contribution in [0.2, 0.25) is 0 Å². The fraction of sp³-hybridized carbons (Fsp3) is 0.429. The summed E-state index contributed by atoms with van der Waals surface area (Å²) in [6.07, 6.45) is 4.62. The molecule has 0 atom stereocenters. The van der Waals surface area contributed by atoms with Crippen molar-refractivity contribution in [3.63, 3.8) is 0 Å². The summed E-state index contributed by atoms with van der Waals surface area (Å²) in [4.78, 5) is 0. The Morgan fingerprint density at radius 1 is 0.960 bits per heavy atom. The first-order chi connectivity index (χ1) is 12.0. The summed E-state index contributed by atoms with van der Waals surface area (Å²) in [5.74, 6) is 2.28. The molecule has 0 heterocycles. The molecule has 0 radical (unpaired) electrons. The molecule has 1 aliphatic rings. The van der Waals surface area contributed by atoms with Gasteiger partial charge in [-0.05, 0) is 80.8 Å². The van der Waals surface area contributed by atoms with Gasteiger partial charge in [0.2, 0.25) is 0 Å². The molecule has 0 spiro atoms. The third-order valence-electron chi connectivity index (χ3n) is 5.10. The Morgan fingerprint density at radius 3 is 2.44 bits per heavy atom. The van der Waals surface area contributed by atoms with Gasteiger partial charge in [-0.25, -0.2) is 0 Å². The van der Waals surface area contributed by atoms with E-state index >= 15 is 0 Å². The number of benzene rings is 2. The predicted molar refractivity (Wildman–Crippen MR) is 103 cm³/mol. The van der Waals surface area contributed by atoms with Crippen molar-refractivity contribution in [3.05, 3.63) is 47.5 Å². The molecule has 4 N–H and O–H groups in total. The number of hydrogen-bond acceptors (Lipinski definition) is 4. The molecular weight excluding hydrogens is 312 g/mol. The largest absolute Gasteiger partial charge is 0.491 e. The second-order valence-corrected chi connectivity index (χ2v) is 7.08. The van der Waals surface area contributed by atoms with Crippen molar-refractivity contribution < 1.29 is 9.47 Å². The number of anilines is 2. The van der Waals surface area contributed by atoms with E-state index in [1.807, 2.05) is 50.2 Å². The molecule has 0 amide bonds. The fourth-order valence-electron chi connectivity index (χ4n) is 3.32. The van der Waals surface area contributed by atoms with Crippen LogP contribution < -0.4 is 20.9 Å². The molecule has 0 aliphatic heterocycles. The van der Waals surface area contributed by atoms with Gasteiger partial charge < -0.3 is 20.9 Å². The molecule has 4 nitrogen and oxygen atoms in total. The van der Waals surface area contributed by atoms with Gasteiger partial charge in [0.1, 0.15) is 11.5 Å². The number of nitrogen functional groups attached to an aromatic ring is 2. The average Bonchev–Trinajstić information content (AvgIpc) is 2.61. The maximum absolute atomic E-state index is 6.12. The van der Waals surface area contributed by atoms with Crippen LogP contribution in [0.1, 0.15) is 36.8 Å². The summed E-state index contributed by atoms with van der Waals surface area (Å²) in [7, 11) is 0. The smallest absolute Gasteiger partial charge is 0.142 e. The van der Waals surface area contributed by atoms with Crippen LogP contribution in [0.15, 0.2) is 36.4 Å². The molecule has 0 unspecified atom stereocenters. The lowest BCUT2D eigenvalue weighted by Gasteiger charge is -2.29. The quantitative estimate of drug-likeness (QED) is 0.787. The Bertz CT molecular complexity index is 722. The van der Waals surface area contributed by atoms with E-state index < -0.39 is 0 Å². The first-order valence-electron chi connectivity index (χ1n) is 9.03. The summed E-state index contributed by atoms with van der Waals surface area (Å²) in [6.45, 7) is 4.73. The molecule has 134 valence electrons. The fourth-order valence-corrected chi connectivity index (χ4v) is 3.32. The van der Waals surface area contributed by atoms with E-state index in [1.165, 1.54) is 0 Å². The van der Waals surface area contributed by atoms with Crippen LogP contribution in [0.3, 0.4) is 0 Å². The van der Waals surface area contributed by atoms with Gasteiger partial charge in [0.15, 0.2) is 0 Å². The Hall–Kier alpha value is -2.36. The highest BCUT2D eigenvalue weighted by Gasteiger charge is 2.23. The molecular formula is C21H28N2O2. The second-order valence-electron chi connectivity index (χ2n) is 7.08. The zero-order valence-corrected chi connectivity index (χ0v) is 15.1. The van der Waals surface area contributed by atoms with Crippen LogP contribution in [0, 0.1) is 19.8 Å². The Morgan fingerprint density at radius 2 is 1.72 bits per heavy atom. The zero-order valence-electron chi connectivity index (χ0n) is 15.1. The number of aryl methyl sites for hydroxylation is 2. The topological polar surface area (TPSA) is 70.5 Å². The molecule has 1 aliphatic carbocycles. The van der Waals surface area contributed by atoms with Gasteiger partial charge in [-0.3, -0.25) is 0 Å². The molecule has 0 bridgehead atoms. The van der Waals surface area contributed by atoms with Crippen molar-refractivity contribution in [1.82, 2.24) is 0 Å². The molecule has 0 saturated heterocycles. The predicted octanol–water partition coefficient (Wildman–Crippen LogP) is 4.48. The van der Waals surface area contributed by atoms with Crippen molar-refractivity contribution in [2.75, 3.05) is 18.1 Å². The summed E-state index contributed by atoms with van der Waals surface area (Å²) in [6, 6.07) is 11.8. The second kappa shape index (κ2) is 7.68. The Labute approximate surface area is 150 Å². The standard InChI is InChI=1S/C21H28N2O2/c1-14-4-3-5-20(21(14)23)24-13-16-6-8-17(9-7-16)25-18-10-11-19(22)15(2)12-18/h3-5,10-12,16-17H,6-9,13,22-23H2,1-2H3. The molecule has 2 aromatic rings. The normalized spacial score (nSPS) is 20.2. The maximum atomic E-state index is 6.12. The summed E-state index contributed by atoms with van der Waals surface area (Å²) in [5.41, 5.74) is 15.6. The lowest BCUT2D eigenvalue weighted by Crippen LogP contribution is -2.27. The van der Waals surface area contributed by atoms with Crippen LogP contribution in [0.25, 0.3) is 0 Å². The van der Waals surface area contributed by atoms with E-state index in [2.05, 4.69) is 0 Å². The van der Waals surface area contributed by atoms with Crippen molar-refractivity contribution in [2.24, 2.45) is 5.92 Å². The van der Waals surface area contributed by atoms with Gasteiger partial charge >= 0.3 is 0 Å². The van der Waals surface area contributed by atoms with Crippen molar-refractivity contribution in [1.29, 1.82) is 0 Å². The number of para-hydroxylation sites is 1. The highest BCUT2D eigenvalue weighted by molar-refractivity contribution is 5.57. The minimum absolute atomic E-state index is 0.281. The molecule has 2 aromatic carbocycles. The summed E-state index contributed by atoms with van der Waals surface area (Å²) >= 11 is 0. The van der Waals surface area contributed by atoms with Crippen molar-refractivity contribution >= 4 is 11.4 Å². The number of rotatable bonds is 5. The molecule has 1 fully saturated rings. The van der Waals surface area contributed by atoms with Crippen LogP contribution in [0.4, 0.5) is 11.4 Å². The van der Waals surface area contributed by atoms with E-state index in [9.17, 15) is 0 Å². The van der Waals surface area contributed by atoms with Gasteiger partial charge in [-0.1, -0.05) is 12.1 Å². The van der Waals surface area contributed by atoms with Gasteiger partial charge in [-0.2, -0.15) is 0 Å². The first kappa shape index (κ1) is 17.5. The Balaban J connectivity index is 1.47. The highest BCUT2D eigenvalue weighted by Crippen LogP contribution is 2.31. The molecule has 25 heavy (non-hydrogen) atoms. The van der Waals surface area contributed by atoms with Gasteiger partial charge in [0, 0.05) is 5.69 Å². The number of ether oxygens (including phenoxy) is 2. The van der Waals surface area contributed by atoms with Gasteiger partial charge in [-0.15, -0.1) is 0 Å². The maximum Gasteiger partial charge on any atom is 0.142 e. The third-order valence-corrected chi connectivity index (χ3v) is 5.10. The Kier molecular flexibility index (Phi) is 5.37. The van der Waals surface area contributed by atoms with Gasteiger partial charge in [0.05, 0.1) is 18.4 Å². The van der Waals surface area contributed by atoms with Gasteiger partial charge in [0.25, 0.3) is 0 Å². The summed E-state index contributed by atoms with van der Waals surface area (Å²) < 4.78 is 12.1. The SMILES string of the molecule is Cc1cc(OC2CCC(COc3cccc(C)c3N)CC2)ccc1N. The lowest BCUT2D eigenvalue weighted by atomic mass is 9.88. The zero-order chi connectivity index (χ0) is 17.8. The molecule has 0 aromatic heterocycles. The van der Waals surface area contributed by atoms with E-state index in [0.29, 0.717) is 5.92 Å². The van der Waals surface area contributed by atoms with Crippen molar-refractivity contribution in [2.45, 2.75) is 45.6 Å². The van der Waals surface area contributed by atoms with Crippen LogP contribution >= 0.6 is 0 Å². The van der Waals surface area contributed by atoms with E-state index in [0.717, 1.165) is 66.3 Å². The monoisotopic (exact) mass is 340 g/mol. The minimum atomic E-state index is 0.281. The number of hydrogen-bond donors (Lipinski definition) is 2. The molecule has 1 saturated carbocycles. The summed E-state index contributed by atoms with van der Waals surface area (Å²) in [5, 5.41) is 0. The first-order valence-corrected chi connectivity index (χ1v) is 9.03. The van der Waals surface area contributed by atoms with E-state index in [1.54, 1.807) is 0 Å². The van der Waals surface area contributed by atoms with E-state index in [4.69, 9.17) is 20.9 Å². The molecule has 3 rings (SSSR count). The average molecular weight is 340 g/mol. The van der Waals surface area contributed by atoms with Crippen LogP contribution in [-0.4, -0.2) is 12.7 Å². The minimum Gasteiger partial charge on any atom is -0.491 e. The highest BCUT2D eigenvalue weighted by atomic mass is 16.5. The van der Waals surface area contributed by atoms with Crippen LogP contribution in [-0.2, 0) is 0 Å². The van der Waals surface area contributed by atoms with E-state index in [-0.39, 0.29) is 6.10 Å². The lowest BCUT2D eigenvalue weighted by molar-refractivity contribution is 0.110. The molecule has 4 heteroatoms.